The second kappa shape index (κ2) is 7.88. The molecule has 0 bridgehead atoms. The molecule has 1 rings (SSSR count). The molecule has 112 valence electrons. The van der Waals surface area contributed by atoms with Gasteiger partial charge in [-0.3, -0.25) is 4.79 Å². The molecule has 3 heteroatoms. The van der Waals surface area contributed by atoms with Crippen LogP contribution >= 0.6 is 0 Å². The molecule has 1 amide bonds. The fourth-order valence-corrected chi connectivity index (χ4v) is 2.64. The number of amides is 1. The van der Waals surface area contributed by atoms with Crippen LogP contribution in [0.1, 0.15) is 66.2 Å². The van der Waals surface area contributed by atoms with Crippen LogP contribution in [0.25, 0.3) is 0 Å². The highest BCUT2D eigenvalue weighted by Gasteiger charge is 2.25. The van der Waals surface area contributed by atoms with E-state index in [1.54, 1.807) is 0 Å². The molecule has 19 heavy (non-hydrogen) atoms. The van der Waals surface area contributed by atoms with Crippen LogP contribution in [0, 0.1) is 11.3 Å². The maximum absolute atomic E-state index is 12.1. The minimum atomic E-state index is 0.169. The van der Waals surface area contributed by atoms with Gasteiger partial charge in [-0.2, -0.15) is 0 Å². The smallest absolute Gasteiger partial charge is 0.224 e. The molecule has 0 aromatic carbocycles. The van der Waals surface area contributed by atoms with Crippen molar-refractivity contribution in [1.29, 1.82) is 0 Å². The number of carbonyl (C=O) groups excluding carboxylic acids is 1. The predicted octanol–water partition coefficient (Wildman–Crippen LogP) is 3.10. The quantitative estimate of drug-likeness (QED) is 0.697. The third-order valence-corrected chi connectivity index (χ3v) is 4.23. The lowest BCUT2D eigenvalue weighted by Crippen LogP contribution is -2.45. The van der Waals surface area contributed by atoms with Crippen molar-refractivity contribution in [2.45, 2.75) is 72.3 Å². The molecule has 0 aliphatic carbocycles. The third kappa shape index (κ3) is 6.42. The molecule has 0 spiro atoms. The Labute approximate surface area is 118 Å². The van der Waals surface area contributed by atoms with E-state index in [1.807, 2.05) is 0 Å². The van der Waals surface area contributed by atoms with Crippen molar-refractivity contribution in [1.82, 2.24) is 10.6 Å². The van der Waals surface area contributed by atoms with E-state index < -0.39 is 0 Å². The SMILES string of the molecule is CCCCCC(C)(C)CNC(=O)C1CCC(C)NC1. The first-order valence-corrected chi connectivity index (χ1v) is 7.95. The zero-order chi connectivity index (χ0) is 14.3. The number of hydrogen-bond acceptors (Lipinski definition) is 2. The van der Waals surface area contributed by atoms with Gasteiger partial charge in [0.2, 0.25) is 5.91 Å². The number of piperidine rings is 1. The summed E-state index contributed by atoms with van der Waals surface area (Å²) in [4.78, 5) is 12.1. The highest BCUT2D eigenvalue weighted by atomic mass is 16.1. The van der Waals surface area contributed by atoms with Gasteiger partial charge in [-0.1, -0.05) is 40.0 Å². The van der Waals surface area contributed by atoms with Crippen molar-refractivity contribution < 1.29 is 4.79 Å². The molecule has 0 radical (unpaired) electrons. The molecule has 0 aromatic rings. The van der Waals surface area contributed by atoms with Gasteiger partial charge in [-0.05, 0) is 31.6 Å². The van der Waals surface area contributed by atoms with Crippen LogP contribution in [0.4, 0.5) is 0 Å². The molecular weight excluding hydrogens is 236 g/mol. The fourth-order valence-electron chi connectivity index (χ4n) is 2.64. The standard InChI is InChI=1S/C16H32N2O/c1-5-6-7-10-16(3,4)12-18-15(19)14-9-8-13(2)17-11-14/h13-14,17H,5-12H2,1-4H3,(H,18,19). The molecule has 0 aromatic heterocycles. The number of nitrogens with one attached hydrogen (secondary N) is 2. The summed E-state index contributed by atoms with van der Waals surface area (Å²) in [6.45, 7) is 10.6. The Balaban J connectivity index is 2.24. The van der Waals surface area contributed by atoms with Gasteiger partial charge >= 0.3 is 0 Å². The van der Waals surface area contributed by atoms with E-state index in [-0.39, 0.29) is 17.2 Å². The van der Waals surface area contributed by atoms with Gasteiger partial charge in [0, 0.05) is 19.1 Å². The zero-order valence-electron chi connectivity index (χ0n) is 13.2. The van der Waals surface area contributed by atoms with Crippen molar-refractivity contribution >= 4 is 5.91 Å². The van der Waals surface area contributed by atoms with Crippen LogP contribution in [0.15, 0.2) is 0 Å². The average Bonchev–Trinajstić information content (AvgIpc) is 2.37. The fraction of sp³-hybridized carbons (Fsp3) is 0.938. The summed E-state index contributed by atoms with van der Waals surface area (Å²) in [7, 11) is 0. The van der Waals surface area contributed by atoms with Gasteiger partial charge in [0.15, 0.2) is 0 Å². The van der Waals surface area contributed by atoms with Crippen LogP contribution in [0.2, 0.25) is 0 Å². The number of rotatable bonds is 7. The number of unbranched alkanes of at least 4 members (excludes halogenated alkanes) is 2. The summed E-state index contributed by atoms with van der Waals surface area (Å²) in [6, 6.07) is 0.564. The lowest BCUT2D eigenvalue weighted by molar-refractivity contribution is -0.126. The maximum atomic E-state index is 12.1. The Hall–Kier alpha value is -0.570. The van der Waals surface area contributed by atoms with Crippen molar-refractivity contribution in [2.24, 2.45) is 11.3 Å². The monoisotopic (exact) mass is 268 g/mol. The molecule has 2 N–H and O–H groups in total. The molecule has 2 atom stereocenters. The van der Waals surface area contributed by atoms with Crippen LogP contribution < -0.4 is 10.6 Å². The molecule has 1 fully saturated rings. The second-order valence-corrected chi connectivity index (χ2v) is 6.92. The maximum Gasteiger partial charge on any atom is 0.224 e. The number of hydrogen-bond donors (Lipinski definition) is 2. The first kappa shape index (κ1) is 16.5. The largest absolute Gasteiger partial charge is 0.355 e. The average molecular weight is 268 g/mol. The van der Waals surface area contributed by atoms with E-state index in [4.69, 9.17) is 0 Å². The van der Waals surface area contributed by atoms with Gasteiger partial charge in [0.05, 0.1) is 5.92 Å². The molecule has 1 aliphatic heterocycles. The van der Waals surface area contributed by atoms with Crippen LogP contribution in [0.3, 0.4) is 0 Å². The molecule has 1 aliphatic rings. The normalized spacial score (nSPS) is 24.2. The molecule has 1 heterocycles. The van der Waals surface area contributed by atoms with E-state index in [0.717, 1.165) is 25.9 Å². The van der Waals surface area contributed by atoms with E-state index in [0.29, 0.717) is 6.04 Å². The van der Waals surface area contributed by atoms with Crippen LogP contribution in [-0.2, 0) is 4.79 Å². The Bertz CT molecular complexity index is 268. The molecule has 0 saturated carbocycles. The lowest BCUT2D eigenvalue weighted by Gasteiger charge is -2.29. The van der Waals surface area contributed by atoms with E-state index in [2.05, 4.69) is 38.3 Å². The topological polar surface area (TPSA) is 41.1 Å². The molecule has 1 saturated heterocycles. The van der Waals surface area contributed by atoms with Gasteiger partial charge < -0.3 is 10.6 Å². The number of carbonyl (C=O) groups is 1. The highest BCUT2D eigenvalue weighted by Crippen LogP contribution is 2.23. The summed E-state index contributed by atoms with van der Waals surface area (Å²) in [5.41, 5.74) is 0.222. The summed E-state index contributed by atoms with van der Waals surface area (Å²) in [6.07, 6.45) is 7.15. The first-order valence-electron chi connectivity index (χ1n) is 7.95. The summed E-state index contributed by atoms with van der Waals surface area (Å²) >= 11 is 0. The summed E-state index contributed by atoms with van der Waals surface area (Å²) in [5.74, 6) is 0.408. The lowest BCUT2D eigenvalue weighted by atomic mass is 9.86. The van der Waals surface area contributed by atoms with E-state index >= 15 is 0 Å². The van der Waals surface area contributed by atoms with Crippen molar-refractivity contribution in [3.8, 4) is 0 Å². The van der Waals surface area contributed by atoms with Crippen molar-refractivity contribution in [2.75, 3.05) is 13.1 Å². The van der Waals surface area contributed by atoms with Gasteiger partial charge in [0.25, 0.3) is 0 Å². The van der Waals surface area contributed by atoms with Crippen molar-refractivity contribution in [3.05, 3.63) is 0 Å². The van der Waals surface area contributed by atoms with Crippen LogP contribution in [0.5, 0.6) is 0 Å². The third-order valence-electron chi connectivity index (χ3n) is 4.23. The van der Waals surface area contributed by atoms with Gasteiger partial charge in [-0.15, -0.1) is 0 Å². The molecule has 2 unspecified atom stereocenters. The predicted molar refractivity (Wildman–Crippen MR) is 81.1 cm³/mol. The highest BCUT2D eigenvalue weighted by molar-refractivity contribution is 5.79. The minimum absolute atomic E-state index is 0.169. The molecule has 3 nitrogen and oxygen atoms in total. The minimum Gasteiger partial charge on any atom is -0.355 e. The zero-order valence-corrected chi connectivity index (χ0v) is 13.2. The van der Waals surface area contributed by atoms with Gasteiger partial charge in [-0.25, -0.2) is 0 Å². The summed E-state index contributed by atoms with van der Waals surface area (Å²) < 4.78 is 0. The second-order valence-electron chi connectivity index (χ2n) is 6.92. The first-order chi connectivity index (χ1) is 8.94. The van der Waals surface area contributed by atoms with Crippen molar-refractivity contribution in [3.63, 3.8) is 0 Å². The van der Waals surface area contributed by atoms with E-state index in [1.165, 1.54) is 25.7 Å². The van der Waals surface area contributed by atoms with Crippen LogP contribution in [-0.4, -0.2) is 25.0 Å². The Kier molecular flexibility index (Phi) is 6.84. The Morgan fingerprint density at radius 2 is 2.05 bits per heavy atom. The van der Waals surface area contributed by atoms with Gasteiger partial charge in [0.1, 0.15) is 0 Å². The summed E-state index contributed by atoms with van der Waals surface area (Å²) in [5, 5.41) is 6.55. The molecular formula is C16H32N2O. The Morgan fingerprint density at radius 1 is 1.32 bits per heavy atom. The van der Waals surface area contributed by atoms with E-state index in [9.17, 15) is 4.79 Å². The Morgan fingerprint density at radius 3 is 2.63 bits per heavy atom.